The summed E-state index contributed by atoms with van der Waals surface area (Å²) in [5.74, 6) is 0.483. The first-order valence-corrected chi connectivity index (χ1v) is 10.6. The maximum absolute atomic E-state index is 12.2. The molecule has 0 aliphatic rings. The fourth-order valence-electron chi connectivity index (χ4n) is 3.22. The molecular weight excluding hydrogens is 426 g/mol. The summed E-state index contributed by atoms with van der Waals surface area (Å²) in [6.45, 7) is 4.83. The van der Waals surface area contributed by atoms with Gasteiger partial charge in [-0.15, -0.1) is 0 Å². The number of amides is 2. The fraction of sp³-hybridized carbons (Fsp3) is 0.250. The summed E-state index contributed by atoms with van der Waals surface area (Å²) in [6, 6.07) is 20.0. The Morgan fingerprint density at radius 3 is 2.55 bits per heavy atom. The predicted molar refractivity (Wildman–Crippen MR) is 123 cm³/mol. The number of anilines is 1. The molecule has 150 valence electrons. The largest absolute Gasteiger partial charge is 0.338 e. The van der Waals surface area contributed by atoms with E-state index in [0.717, 1.165) is 39.8 Å². The highest BCUT2D eigenvalue weighted by atomic mass is 79.9. The van der Waals surface area contributed by atoms with Crippen molar-refractivity contribution in [1.29, 1.82) is 0 Å². The smallest absolute Gasteiger partial charge is 0.319 e. The molecule has 4 nitrogen and oxygen atoms in total. The minimum absolute atomic E-state index is 0.175. The second-order valence-corrected chi connectivity index (χ2v) is 8.19. The maximum Gasteiger partial charge on any atom is 0.319 e. The van der Waals surface area contributed by atoms with Crippen molar-refractivity contribution in [2.75, 3.05) is 11.9 Å². The van der Waals surface area contributed by atoms with Gasteiger partial charge in [0, 0.05) is 28.6 Å². The number of urea groups is 1. The summed E-state index contributed by atoms with van der Waals surface area (Å²) in [4.78, 5) is 16.4. The van der Waals surface area contributed by atoms with Gasteiger partial charge in [0.05, 0.1) is 0 Å². The van der Waals surface area contributed by atoms with E-state index in [1.165, 1.54) is 5.56 Å². The van der Waals surface area contributed by atoms with Gasteiger partial charge in [-0.3, -0.25) is 4.98 Å². The van der Waals surface area contributed by atoms with Crippen LogP contribution in [-0.4, -0.2) is 17.6 Å². The summed E-state index contributed by atoms with van der Waals surface area (Å²) < 4.78 is 1.14. The quantitative estimate of drug-likeness (QED) is 0.448. The van der Waals surface area contributed by atoms with E-state index in [-0.39, 0.29) is 6.03 Å². The SMILES string of the molecule is Cc1cc(-c2ccc(NC(=O)NCCC(C)Cc3ccccc3Br)cc2)ccn1. The van der Waals surface area contributed by atoms with E-state index in [1.54, 1.807) is 0 Å². The number of aryl methyl sites for hydroxylation is 1. The van der Waals surface area contributed by atoms with Crippen molar-refractivity contribution in [3.63, 3.8) is 0 Å². The van der Waals surface area contributed by atoms with Crippen molar-refractivity contribution in [3.8, 4) is 11.1 Å². The molecule has 0 saturated carbocycles. The Labute approximate surface area is 180 Å². The normalized spacial score (nSPS) is 11.7. The molecule has 3 aromatic rings. The van der Waals surface area contributed by atoms with Gasteiger partial charge in [0.25, 0.3) is 0 Å². The lowest BCUT2D eigenvalue weighted by Crippen LogP contribution is -2.30. The van der Waals surface area contributed by atoms with Gasteiger partial charge < -0.3 is 10.6 Å². The van der Waals surface area contributed by atoms with E-state index >= 15 is 0 Å². The van der Waals surface area contributed by atoms with Gasteiger partial charge in [-0.1, -0.05) is 53.2 Å². The molecule has 0 bridgehead atoms. The van der Waals surface area contributed by atoms with E-state index < -0.39 is 0 Å². The van der Waals surface area contributed by atoms with Gasteiger partial charge in [0.2, 0.25) is 0 Å². The number of pyridine rings is 1. The second-order valence-electron chi connectivity index (χ2n) is 7.33. The van der Waals surface area contributed by atoms with Crippen LogP contribution in [0.25, 0.3) is 11.1 Å². The maximum atomic E-state index is 12.2. The summed E-state index contributed by atoms with van der Waals surface area (Å²) in [5.41, 5.74) is 5.28. The number of hydrogen-bond acceptors (Lipinski definition) is 2. The fourth-order valence-corrected chi connectivity index (χ4v) is 3.67. The van der Waals surface area contributed by atoms with E-state index in [9.17, 15) is 4.79 Å². The number of nitrogens with zero attached hydrogens (tertiary/aromatic N) is 1. The lowest BCUT2D eigenvalue weighted by molar-refractivity contribution is 0.251. The van der Waals surface area contributed by atoms with Crippen molar-refractivity contribution >= 4 is 27.6 Å². The summed E-state index contributed by atoms with van der Waals surface area (Å²) in [6.07, 6.45) is 3.72. The topological polar surface area (TPSA) is 54.0 Å². The number of rotatable bonds is 7. The molecule has 1 aromatic heterocycles. The molecule has 0 fully saturated rings. The van der Waals surface area contributed by atoms with Crippen LogP contribution in [0.4, 0.5) is 10.5 Å². The zero-order valence-corrected chi connectivity index (χ0v) is 18.4. The van der Waals surface area contributed by atoms with Crippen LogP contribution >= 0.6 is 15.9 Å². The zero-order chi connectivity index (χ0) is 20.6. The standard InChI is InChI=1S/C24H26BrN3O/c1-17(15-21-5-3-4-6-23(21)25)11-13-27-24(29)28-22-9-7-19(8-10-22)20-12-14-26-18(2)16-20/h3-10,12,14,16-17H,11,13,15H2,1-2H3,(H2,27,28,29). The van der Waals surface area contributed by atoms with Gasteiger partial charge >= 0.3 is 6.03 Å². The molecule has 3 rings (SSSR count). The Balaban J connectivity index is 1.44. The molecule has 0 radical (unpaired) electrons. The molecule has 29 heavy (non-hydrogen) atoms. The molecule has 2 aromatic carbocycles. The molecule has 5 heteroatoms. The van der Waals surface area contributed by atoms with Crippen molar-refractivity contribution in [2.24, 2.45) is 5.92 Å². The Bertz CT molecular complexity index is 956. The number of hydrogen-bond donors (Lipinski definition) is 2. The minimum Gasteiger partial charge on any atom is -0.338 e. The highest BCUT2D eigenvalue weighted by molar-refractivity contribution is 9.10. The third kappa shape index (κ3) is 6.43. The minimum atomic E-state index is -0.175. The molecule has 1 atom stereocenters. The Morgan fingerprint density at radius 1 is 1.07 bits per heavy atom. The third-order valence-corrected chi connectivity index (χ3v) is 5.60. The van der Waals surface area contributed by atoms with Crippen LogP contribution in [0.15, 0.2) is 71.3 Å². The van der Waals surface area contributed by atoms with Crippen LogP contribution in [0.2, 0.25) is 0 Å². The van der Waals surface area contributed by atoms with E-state index in [1.807, 2.05) is 55.6 Å². The molecule has 0 saturated heterocycles. The number of carbonyl (C=O) groups is 1. The number of halogens is 1. The first-order valence-electron chi connectivity index (χ1n) is 9.82. The van der Waals surface area contributed by atoms with Gasteiger partial charge in [0.1, 0.15) is 0 Å². The second kappa shape index (κ2) is 10.2. The van der Waals surface area contributed by atoms with E-state index in [4.69, 9.17) is 0 Å². The third-order valence-electron chi connectivity index (χ3n) is 4.82. The monoisotopic (exact) mass is 451 g/mol. The summed E-state index contributed by atoms with van der Waals surface area (Å²) >= 11 is 3.59. The van der Waals surface area contributed by atoms with Crippen LogP contribution in [-0.2, 0) is 6.42 Å². The lowest BCUT2D eigenvalue weighted by atomic mass is 9.98. The Morgan fingerprint density at radius 2 is 1.83 bits per heavy atom. The molecule has 1 heterocycles. The highest BCUT2D eigenvalue weighted by Gasteiger charge is 2.08. The lowest BCUT2D eigenvalue weighted by Gasteiger charge is -2.14. The van der Waals surface area contributed by atoms with Crippen molar-refractivity contribution in [2.45, 2.75) is 26.7 Å². The van der Waals surface area contributed by atoms with Gasteiger partial charge in [-0.05, 0) is 72.7 Å². The van der Waals surface area contributed by atoms with E-state index in [2.05, 4.69) is 56.7 Å². The Kier molecular flexibility index (Phi) is 7.42. The van der Waals surface area contributed by atoms with Gasteiger partial charge in [0.15, 0.2) is 0 Å². The molecule has 1 unspecified atom stereocenters. The van der Waals surface area contributed by atoms with Crippen LogP contribution in [0, 0.1) is 12.8 Å². The molecular formula is C24H26BrN3O. The number of nitrogens with one attached hydrogen (secondary N) is 2. The van der Waals surface area contributed by atoms with Crippen LogP contribution in [0.5, 0.6) is 0 Å². The first kappa shape index (κ1) is 21.1. The summed E-state index contributed by atoms with van der Waals surface area (Å²) in [7, 11) is 0. The van der Waals surface area contributed by atoms with Crippen molar-refractivity contribution in [1.82, 2.24) is 10.3 Å². The molecule has 0 aliphatic heterocycles. The van der Waals surface area contributed by atoms with Gasteiger partial charge in [-0.2, -0.15) is 0 Å². The number of carbonyl (C=O) groups excluding carboxylic acids is 1. The van der Waals surface area contributed by atoms with Crippen LogP contribution < -0.4 is 10.6 Å². The average molecular weight is 452 g/mol. The predicted octanol–water partition coefficient (Wildman–Crippen LogP) is 6.21. The van der Waals surface area contributed by atoms with Crippen molar-refractivity contribution in [3.05, 3.63) is 82.6 Å². The average Bonchev–Trinajstić information content (AvgIpc) is 2.70. The zero-order valence-electron chi connectivity index (χ0n) is 16.8. The van der Waals surface area contributed by atoms with Crippen LogP contribution in [0.1, 0.15) is 24.6 Å². The van der Waals surface area contributed by atoms with Gasteiger partial charge in [-0.25, -0.2) is 4.79 Å². The van der Waals surface area contributed by atoms with E-state index in [0.29, 0.717) is 12.5 Å². The molecule has 2 amide bonds. The van der Waals surface area contributed by atoms with Crippen molar-refractivity contribution < 1.29 is 4.79 Å². The molecule has 0 aliphatic carbocycles. The highest BCUT2D eigenvalue weighted by Crippen LogP contribution is 2.22. The Hall–Kier alpha value is -2.66. The van der Waals surface area contributed by atoms with Crippen LogP contribution in [0.3, 0.4) is 0 Å². The summed E-state index contributed by atoms with van der Waals surface area (Å²) in [5, 5.41) is 5.84. The number of aromatic nitrogens is 1. The molecule has 0 spiro atoms. The molecule has 2 N–H and O–H groups in total. The first-order chi connectivity index (χ1) is 14.0. The number of benzene rings is 2.